The van der Waals surface area contributed by atoms with E-state index in [0.717, 1.165) is 26.1 Å². The van der Waals surface area contributed by atoms with Gasteiger partial charge in [0.05, 0.1) is 19.3 Å². The molecule has 1 amide bonds. The van der Waals surface area contributed by atoms with Crippen molar-refractivity contribution in [2.75, 3.05) is 39.4 Å². The number of morpholine rings is 1. The smallest absolute Gasteiger partial charge is 0.239 e. The van der Waals surface area contributed by atoms with E-state index < -0.39 is 0 Å². The van der Waals surface area contributed by atoms with Crippen LogP contribution in [0.3, 0.4) is 0 Å². The maximum absolute atomic E-state index is 12.4. The summed E-state index contributed by atoms with van der Waals surface area (Å²) in [4.78, 5) is 16.7. The van der Waals surface area contributed by atoms with Gasteiger partial charge in [0.2, 0.25) is 5.91 Å². The van der Waals surface area contributed by atoms with Crippen molar-refractivity contribution >= 4 is 5.91 Å². The second-order valence-corrected chi connectivity index (χ2v) is 5.24. The number of amides is 1. The number of carbonyl (C=O) groups is 1. The highest BCUT2D eigenvalue weighted by atomic mass is 16.5. The predicted molar refractivity (Wildman–Crippen MR) is 70.3 cm³/mol. The fraction of sp³-hybridized carbons (Fsp3) is 0.923. The van der Waals surface area contributed by atoms with Crippen molar-refractivity contribution in [2.24, 2.45) is 5.73 Å². The topological polar surface area (TPSA) is 58.8 Å². The van der Waals surface area contributed by atoms with Gasteiger partial charge in [-0.2, -0.15) is 0 Å². The largest absolute Gasteiger partial charge is 0.378 e. The molecule has 2 aliphatic heterocycles. The molecule has 2 atom stereocenters. The number of likely N-dealkylation sites (tertiary alicyclic amines) is 1. The Kier molecular flexibility index (Phi) is 4.97. The van der Waals surface area contributed by atoms with E-state index in [9.17, 15) is 4.79 Å². The summed E-state index contributed by atoms with van der Waals surface area (Å²) in [7, 11) is 0. The van der Waals surface area contributed by atoms with Crippen LogP contribution in [0.5, 0.6) is 0 Å². The van der Waals surface area contributed by atoms with Crippen molar-refractivity contribution < 1.29 is 9.53 Å². The highest BCUT2D eigenvalue weighted by Gasteiger charge is 2.32. The number of hydrogen-bond acceptors (Lipinski definition) is 4. The summed E-state index contributed by atoms with van der Waals surface area (Å²) >= 11 is 0. The van der Waals surface area contributed by atoms with Crippen molar-refractivity contribution in [2.45, 2.75) is 38.3 Å². The normalized spacial score (nSPS) is 28.1. The molecular formula is C13H25N3O2. The number of rotatable bonds is 3. The molecule has 0 radical (unpaired) electrons. The molecule has 0 aliphatic carbocycles. The SMILES string of the molecule is CC(C(=O)N1CCOCC1)N1CCCCC1CN. The average molecular weight is 255 g/mol. The van der Waals surface area contributed by atoms with Crippen LogP contribution in [-0.2, 0) is 9.53 Å². The summed E-state index contributed by atoms with van der Waals surface area (Å²) in [5.41, 5.74) is 5.82. The van der Waals surface area contributed by atoms with Gasteiger partial charge in [-0.25, -0.2) is 0 Å². The van der Waals surface area contributed by atoms with Crippen LogP contribution in [0.1, 0.15) is 26.2 Å². The number of piperidine rings is 1. The maximum atomic E-state index is 12.4. The van der Waals surface area contributed by atoms with E-state index in [1.54, 1.807) is 0 Å². The molecular weight excluding hydrogens is 230 g/mol. The van der Waals surface area contributed by atoms with Crippen LogP contribution in [-0.4, -0.2) is 67.2 Å². The van der Waals surface area contributed by atoms with Gasteiger partial charge >= 0.3 is 0 Å². The van der Waals surface area contributed by atoms with Crippen LogP contribution in [0.4, 0.5) is 0 Å². The molecule has 2 N–H and O–H groups in total. The molecule has 0 aromatic carbocycles. The molecule has 0 bridgehead atoms. The van der Waals surface area contributed by atoms with Crippen molar-refractivity contribution in [3.63, 3.8) is 0 Å². The molecule has 18 heavy (non-hydrogen) atoms. The van der Waals surface area contributed by atoms with Crippen LogP contribution in [0.15, 0.2) is 0 Å². The zero-order chi connectivity index (χ0) is 13.0. The summed E-state index contributed by atoms with van der Waals surface area (Å²) in [5.74, 6) is 0.235. The molecule has 2 unspecified atom stereocenters. The number of carbonyl (C=O) groups excluding carboxylic acids is 1. The van der Waals surface area contributed by atoms with Crippen LogP contribution in [0.25, 0.3) is 0 Å². The van der Waals surface area contributed by atoms with E-state index >= 15 is 0 Å². The second-order valence-electron chi connectivity index (χ2n) is 5.24. The fourth-order valence-electron chi connectivity index (χ4n) is 2.98. The third-order valence-corrected chi connectivity index (χ3v) is 4.12. The first-order valence-corrected chi connectivity index (χ1v) is 7.06. The quantitative estimate of drug-likeness (QED) is 0.774. The molecule has 104 valence electrons. The Morgan fingerprint density at radius 3 is 2.72 bits per heavy atom. The summed E-state index contributed by atoms with van der Waals surface area (Å²) in [6.45, 7) is 6.46. The number of nitrogens with zero attached hydrogens (tertiary/aromatic N) is 2. The second kappa shape index (κ2) is 6.50. The lowest BCUT2D eigenvalue weighted by molar-refractivity contribution is -0.141. The van der Waals surface area contributed by atoms with Gasteiger partial charge in [0.25, 0.3) is 0 Å². The highest BCUT2D eigenvalue weighted by Crippen LogP contribution is 2.20. The Bertz CT molecular complexity index is 279. The van der Waals surface area contributed by atoms with Gasteiger partial charge in [0.1, 0.15) is 0 Å². The third-order valence-electron chi connectivity index (χ3n) is 4.12. The first-order chi connectivity index (χ1) is 8.74. The van der Waals surface area contributed by atoms with Crippen LogP contribution in [0, 0.1) is 0 Å². The van der Waals surface area contributed by atoms with E-state index in [2.05, 4.69) is 4.90 Å². The Labute approximate surface area is 109 Å². The molecule has 5 nitrogen and oxygen atoms in total. The van der Waals surface area contributed by atoms with Crippen molar-refractivity contribution in [1.82, 2.24) is 9.80 Å². The Morgan fingerprint density at radius 2 is 2.06 bits per heavy atom. The summed E-state index contributed by atoms with van der Waals surface area (Å²) in [6, 6.07) is 0.329. The van der Waals surface area contributed by atoms with Gasteiger partial charge in [0, 0.05) is 25.7 Å². The average Bonchev–Trinajstić information content (AvgIpc) is 2.46. The number of nitrogens with two attached hydrogens (primary N) is 1. The van der Waals surface area contributed by atoms with Gasteiger partial charge in [-0.3, -0.25) is 9.69 Å². The zero-order valence-corrected chi connectivity index (χ0v) is 11.3. The Balaban J connectivity index is 1.95. The molecule has 2 fully saturated rings. The predicted octanol–water partition coefficient (Wildman–Crippen LogP) is 0.0469. The minimum Gasteiger partial charge on any atom is -0.378 e. The van der Waals surface area contributed by atoms with Crippen molar-refractivity contribution in [1.29, 1.82) is 0 Å². The van der Waals surface area contributed by atoms with E-state index in [1.165, 1.54) is 12.8 Å². The molecule has 0 saturated carbocycles. The van der Waals surface area contributed by atoms with Gasteiger partial charge < -0.3 is 15.4 Å². The van der Waals surface area contributed by atoms with Crippen LogP contribution >= 0.6 is 0 Å². The van der Waals surface area contributed by atoms with Crippen LogP contribution in [0.2, 0.25) is 0 Å². The van der Waals surface area contributed by atoms with E-state index in [0.29, 0.717) is 25.8 Å². The molecule has 2 saturated heterocycles. The van der Waals surface area contributed by atoms with E-state index in [4.69, 9.17) is 10.5 Å². The molecule has 0 spiro atoms. The first kappa shape index (κ1) is 13.8. The minimum absolute atomic E-state index is 0.0445. The molecule has 2 aliphatic rings. The summed E-state index contributed by atoms with van der Waals surface area (Å²) in [5, 5.41) is 0. The lowest BCUT2D eigenvalue weighted by Crippen LogP contribution is -2.56. The van der Waals surface area contributed by atoms with Crippen molar-refractivity contribution in [3.05, 3.63) is 0 Å². The molecule has 2 rings (SSSR count). The third kappa shape index (κ3) is 3.02. The number of hydrogen-bond donors (Lipinski definition) is 1. The van der Waals surface area contributed by atoms with Gasteiger partial charge in [0.15, 0.2) is 0 Å². The minimum atomic E-state index is -0.0445. The maximum Gasteiger partial charge on any atom is 0.239 e. The molecule has 0 aromatic rings. The molecule has 0 aromatic heterocycles. The lowest BCUT2D eigenvalue weighted by Gasteiger charge is -2.40. The van der Waals surface area contributed by atoms with Gasteiger partial charge in [-0.05, 0) is 26.3 Å². The highest BCUT2D eigenvalue weighted by molar-refractivity contribution is 5.81. The molecule has 2 heterocycles. The fourth-order valence-corrected chi connectivity index (χ4v) is 2.98. The van der Waals surface area contributed by atoms with Crippen molar-refractivity contribution in [3.8, 4) is 0 Å². The Hall–Kier alpha value is -0.650. The standard InChI is InChI=1S/C13H25N3O2/c1-11(13(17)15-6-8-18-9-7-15)16-5-3-2-4-12(16)10-14/h11-12H,2-10,14H2,1H3. The summed E-state index contributed by atoms with van der Waals surface area (Å²) < 4.78 is 5.29. The van der Waals surface area contributed by atoms with Crippen LogP contribution < -0.4 is 5.73 Å². The monoisotopic (exact) mass is 255 g/mol. The van der Waals surface area contributed by atoms with E-state index in [1.807, 2.05) is 11.8 Å². The zero-order valence-electron chi connectivity index (χ0n) is 11.3. The van der Waals surface area contributed by atoms with Gasteiger partial charge in [-0.15, -0.1) is 0 Å². The number of ether oxygens (including phenoxy) is 1. The first-order valence-electron chi connectivity index (χ1n) is 7.06. The summed E-state index contributed by atoms with van der Waals surface area (Å²) in [6.07, 6.45) is 3.53. The van der Waals surface area contributed by atoms with E-state index in [-0.39, 0.29) is 11.9 Å². The Morgan fingerprint density at radius 1 is 1.33 bits per heavy atom. The lowest BCUT2D eigenvalue weighted by atomic mass is 9.99. The van der Waals surface area contributed by atoms with Gasteiger partial charge in [-0.1, -0.05) is 6.42 Å². The molecule has 5 heteroatoms.